The van der Waals surface area contributed by atoms with Crippen LogP contribution < -0.4 is 0 Å². The summed E-state index contributed by atoms with van der Waals surface area (Å²) in [5.74, 6) is -0.706. The summed E-state index contributed by atoms with van der Waals surface area (Å²) in [6, 6.07) is 0. The van der Waals surface area contributed by atoms with Crippen LogP contribution in [0.25, 0.3) is 0 Å². The lowest BCUT2D eigenvalue weighted by Gasteiger charge is -2.13. The van der Waals surface area contributed by atoms with E-state index in [0.29, 0.717) is 6.42 Å². The Morgan fingerprint density at radius 2 is 1.52 bits per heavy atom. The number of Topliss-reactive ketones (excluding diaryl/α,β-unsaturated/α-hetero) is 1. The molecule has 134 valence electrons. The molecule has 0 radical (unpaired) electrons. The third-order valence-electron chi connectivity index (χ3n) is 4.74. The normalized spacial score (nSPS) is 20.7. The van der Waals surface area contributed by atoms with Gasteiger partial charge in [-0.1, -0.05) is 71.1 Å². The third-order valence-corrected chi connectivity index (χ3v) is 4.74. The van der Waals surface area contributed by atoms with Crippen LogP contribution in [0.15, 0.2) is 0 Å². The minimum absolute atomic E-state index is 0.0748. The Morgan fingerprint density at radius 3 is 2.04 bits per heavy atom. The minimum Gasteiger partial charge on any atom is -0.459 e. The molecule has 23 heavy (non-hydrogen) atoms. The fourth-order valence-electron chi connectivity index (χ4n) is 3.24. The largest absolute Gasteiger partial charge is 0.459 e. The van der Waals surface area contributed by atoms with Gasteiger partial charge >= 0.3 is 5.97 Å². The second-order valence-electron chi connectivity index (χ2n) is 6.77. The van der Waals surface area contributed by atoms with Crippen molar-refractivity contribution in [3.63, 3.8) is 0 Å². The number of rotatable bonds is 14. The fraction of sp³-hybridized carbons (Fsp3) is 0.895. The van der Waals surface area contributed by atoms with Gasteiger partial charge in [-0.15, -0.1) is 0 Å². The molecular weight excluding hydrogens is 292 g/mol. The highest BCUT2D eigenvalue weighted by Gasteiger charge is 2.38. The van der Waals surface area contributed by atoms with Crippen LogP contribution in [0.5, 0.6) is 0 Å². The van der Waals surface area contributed by atoms with E-state index in [2.05, 4.69) is 6.92 Å². The molecule has 1 saturated heterocycles. The van der Waals surface area contributed by atoms with Gasteiger partial charge in [-0.2, -0.15) is 0 Å². The Hall–Kier alpha value is -0.900. The van der Waals surface area contributed by atoms with Crippen molar-refractivity contribution in [1.82, 2.24) is 0 Å². The van der Waals surface area contributed by atoms with E-state index in [9.17, 15) is 9.59 Å². The second kappa shape index (κ2) is 12.5. The summed E-state index contributed by atoms with van der Waals surface area (Å²) >= 11 is 0. The first kappa shape index (κ1) is 20.1. The smallest absolute Gasteiger partial charge is 0.307 e. The summed E-state index contributed by atoms with van der Waals surface area (Å²) < 4.78 is 4.94. The standard InChI is InChI=1S/C19H34O4/c1-2-3-4-5-6-7-8-9-10-11-12-13-17(21)16-14-19(22)23-18(16)15-20/h16,18,20H,2-15H2,1H3/t16-,18+/m0/s1. The zero-order chi connectivity index (χ0) is 16.9. The van der Waals surface area contributed by atoms with Crippen molar-refractivity contribution in [2.24, 2.45) is 5.92 Å². The number of cyclic esters (lactones) is 1. The highest BCUT2D eigenvalue weighted by molar-refractivity contribution is 5.88. The average molecular weight is 326 g/mol. The summed E-state index contributed by atoms with van der Waals surface area (Å²) in [4.78, 5) is 23.3. The van der Waals surface area contributed by atoms with Crippen LogP contribution in [0, 0.1) is 5.92 Å². The van der Waals surface area contributed by atoms with Crippen LogP contribution in [0.2, 0.25) is 0 Å². The van der Waals surface area contributed by atoms with Gasteiger partial charge < -0.3 is 9.84 Å². The highest BCUT2D eigenvalue weighted by Crippen LogP contribution is 2.25. The third kappa shape index (κ3) is 8.50. The topological polar surface area (TPSA) is 63.6 Å². The van der Waals surface area contributed by atoms with Crippen LogP contribution in [0.1, 0.15) is 90.4 Å². The van der Waals surface area contributed by atoms with Crippen molar-refractivity contribution in [2.75, 3.05) is 6.61 Å². The van der Waals surface area contributed by atoms with Crippen molar-refractivity contribution < 1.29 is 19.4 Å². The average Bonchev–Trinajstić information content (AvgIpc) is 2.93. The Labute approximate surface area is 141 Å². The van der Waals surface area contributed by atoms with Crippen molar-refractivity contribution in [1.29, 1.82) is 0 Å². The molecule has 1 rings (SSSR count). The Balaban J connectivity index is 1.94. The Kier molecular flexibility index (Phi) is 11.0. The number of ketones is 1. The predicted octanol–water partition coefficient (Wildman–Crippen LogP) is 4.18. The molecule has 0 aromatic carbocycles. The Morgan fingerprint density at radius 1 is 1.00 bits per heavy atom. The number of hydrogen-bond acceptors (Lipinski definition) is 4. The van der Waals surface area contributed by atoms with Crippen molar-refractivity contribution in [2.45, 2.75) is 96.5 Å². The molecule has 4 nitrogen and oxygen atoms in total. The molecule has 0 bridgehead atoms. The van der Waals surface area contributed by atoms with Gasteiger partial charge in [0, 0.05) is 6.42 Å². The van der Waals surface area contributed by atoms with E-state index in [0.717, 1.165) is 12.8 Å². The molecule has 4 heteroatoms. The van der Waals surface area contributed by atoms with Gasteiger partial charge in [0.05, 0.1) is 18.9 Å². The van der Waals surface area contributed by atoms with Gasteiger partial charge in [-0.3, -0.25) is 9.59 Å². The highest BCUT2D eigenvalue weighted by atomic mass is 16.6. The monoisotopic (exact) mass is 326 g/mol. The fourth-order valence-corrected chi connectivity index (χ4v) is 3.24. The molecule has 1 N–H and O–H groups in total. The van der Waals surface area contributed by atoms with Crippen molar-refractivity contribution in [3.8, 4) is 0 Å². The van der Waals surface area contributed by atoms with E-state index >= 15 is 0 Å². The maximum Gasteiger partial charge on any atom is 0.307 e. The van der Waals surface area contributed by atoms with Crippen molar-refractivity contribution in [3.05, 3.63) is 0 Å². The first-order valence-electron chi connectivity index (χ1n) is 9.52. The zero-order valence-corrected chi connectivity index (χ0v) is 14.7. The number of unbranched alkanes of at least 4 members (excludes halogenated alkanes) is 10. The molecule has 0 aromatic heterocycles. The maximum atomic E-state index is 12.1. The first-order valence-corrected chi connectivity index (χ1v) is 9.52. The molecule has 0 spiro atoms. The molecule has 2 atom stereocenters. The number of aliphatic hydroxyl groups excluding tert-OH is 1. The van der Waals surface area contributed by atoms with Crippen LogP contribution in [-0.2, 0) is 14.3 Å². The summed E-state index contributed by atoms with van der Waals surface area (Å²) in [6.45, 7) is 1.99. The molecule has 0 saturated carbocycles. The molecule has 1 aliphatic rings. The molecule has 0 aromatic rings. The summed E-state index contributed by atoms with van der Waals surface area (Å²) in [6.07, 6.45) is 13.9. The molecule has 1 fully saturated rings. The van der Waals surface area contributed by atoms with E-state index in [4.69, 9.17) is 9.84 Å². The van der Waals surface area contributed by atoms with Crippen molar-refractivity contribution >= 4 is 11.8 Å². The number of hydrogen-bond donors (Lipinski definition) is 1. The zero-order valence-electron chi connectivity index (χ0n) is 14.7. The summed E-state index contributed by atoms with van der Waals surface area (Å²) in [5, 5.41) is 9.13. The number of carbonyl (C=O) groups excluding carboxylic acids is 2. The summed E-state index contributed by atoms with van der Waals surface area (Å²) in [7, 11) is 0. The van der Waals surface area contributed by atoms with E-state index in [1.165, 1.54) is 57.8 Å². The maximum absolute atomic E-state index is 12.1. The van der Waals surface area contributed by atoms with Crippen LogP contribution in [-0.4, -0.2) is 29.6 Å². The number of ether oxygens (including phenoxy) is 1. The van der Waals surface area contributed by atoms with Crippen LogP contribution in [0.4, 0.5) is 0 Å². The number of aliphatic hydroxyl groups is 1. The van der Waals surface area contributed by atoms with Crippen LogP contribution in [0.3, 0.4) is 0 Å². The number of esters is 1. The van der Waals surface area contributed by atoms with Gasteiger partial charge in [0.25, 0.3) is 0 Å². The lowest BCUT2D eigenvalue weighted by Crippen LogP contribution is -2.27. The molecule has 0 aliphatic carbocycles. The number of carbonyl (C=O) groups is 2. The van der Waals surface area contributed by atoms with Gasteiger partial charge in [-0.25, -0.2) is 0 Å². The lowest BCUT2D eigenvalue weighted by atomic mass is 9.93. The molecule has 0 amide bonds. The minimum atomic E-state index is -0.609. The predicted molar refractivity (Wildman–Crippen MR) is 91.2 cm³/mol. The summed E-state index contributed by atoms with van der Waals surface area (Å²) in [5.41, 5.74) is 0. The van der Waals surface area contributed by atoms with E-state index in [-0.39, 0.29) is 24.8 Å². The van der Waals surface area contributed by atoms with Gasteiger partial charge in [0.2, 0.25) is 0 Å². The Bertz CT molecular complexity index is 340. The SMILES string of the molecule is CCCCCCCCCCCCCC(=O)[C@@H]1CC(=O)O[C@@H]1CO. The second-order valence-corrected chi connectivity index (χ2v) is 6.77. The van der Waals surface area contributed by atoms with E-state index < -0.39 is 12.0 Å². The molecule has 0 unspecified atom stereocenters. The first-order chi connectivity index (χ1) is 11.2. The van der Waals surface area contributed by atoms with E-state index in [1.807, 2.05) is 0 Å². The van der Waals surface area contributed by atoms with Gasteiger partial charge in [-0.05, 0) is 6.42 Å². The molecule has 1 heterocycles. The van der Waals surface area contributed by atoms with Crippen LogP contribution >= 0.6 is 0 Å². The van der Waals surface area contributed by atoms with Gasteiger partial charge in [0.1, 0.15) is 11.9 Å². The molecular formula is C19H34O4. The van der Waals surface area contributed by atoms with Gasteiger partial charge in [0.15, 0.2) is 0 Å². The molecule has 1 aliphatic heterocycles. The lowest BCUT2D eigenvalue weighted by molar-refractivity contribution is -0.143. The van der Waals surface area contributed by atoms with E-state index in [1.54, 1.807) is 0 Å². The quantitative estimate of drug-likeness (QED) is 0.384.